The van der Waals surface area contributed by atoms with Crippen LogP contribution in [0.15, 0.2) is 0 Å². The Morgan fingerprint density at radius 2 is 1.58 bits per heavy atom. The van der Waals surface area contributed by atoms with Gasteiger partial charge in [0.2, 0.25) is 0 Å². The minimum absolute atomic E-state index is 0.00361. The van der Waals surface area contributed by atoms with Gasteiger partial charge in [0.15, 0.2) is 0 Å². The number of ether oxygens (including phenoxy) is 1. The molecule has 0 spiro atoms. The van der Waals surface area contributed by atoms with Crippen molar-refractivity contribution in [3.8, 4) is 0 Å². The molecule has 0 heterocycles. The number of carbonyl (C=O) groups is 1. The van der Waals surface area contributed by atoms with Gasteiger partial charge >= 0.3 is 18.3 Å². The normalized spacial score (nSPS) is 23.9. The van der Waals surface area contributed by atoms with E-state index in [0.29, 0.717) is 6.42 Å². The van der Waals surface area contributed by atoms with Gasteiger partial charge in [-0.05, 0) is 46.0 Å². The first-order valence-corrected chi connectivity index (χ1v) is 7.73. The molecule has 1 aliphatic carbocycles. The molecule has 0 aromatic carbocycles. The summed E-state index contributed by atoms with van der Waals surface area (Å²) in [6.45, 7) is 4.88. The van der Waals surface area contributed by atoms with Crippen LogP contribution in [0.25, 0.3) is 0 Å². The minimum atomic E-state index is -5.86. The Bertz CT molecular complexity index is 441. The SMILES string of the molecule is CCC(C)(C)C(=O)OC1CCCC(C(O)(C(F)(F)F)C(F)(F)F)C1. The molecule has 0 radical (unpaired) electrons. The summed E-state index contributed by atoms with van der Waals surface area (Å²) in [5.74, 6) is -2.77. The van der Waals surface area contributed by atoms with Crippen LogP contribution in [0.4, 0.5) is 26.3 Å². The predicted molar refractivity (Wildman–Crippen MR) is 73.0 cm³/mol. The Labute approximate surface area is 136 Å². The maximum atomic E-state index is 12.9. The highest BCUT2D eigenvalue weighted by Gasteiger charge is 2.73. The molecule has 142 valence electrons. The minimum Gasteiger partial charge on any atom is -0.462 e. The molecule has 3 nitrogen and oxygen atoms in total. The summed E-state index contributed by atoms with van der Waals surface area (Å²) < 4.78 is 82.8. The fraction of sp³-hybridized carbons (Fsp3) is 0.933. The van der Waals surface area contributed by atoms with Gasteiger partial charge in [-0.3, -0.25) is 4.79 Å². The van der Waals surface area contributed by atoms with E-state index in [-0.39, 0.29) is 12.8 Å². The van der Waals surface area contributed by atoms with Crippen LogP contribution in [0.5, 0.6) is 0 Å². The van der Waals surface area contributed by atoms with Crippen LogP contribution < -0.4 is 0 Å². The van der Waals surface area contributed by atoms with Crippen LogP contribution in [0.1, 0.15) is 52.9 Å². The van der Waals surface area contributed by atoms with Crippen molar-refractivity contribution < 1.29 is 41.0 Å². The summed E-state index contributed by atoms with van der Waals surface area (Å²) in [6.07, 6.45) is -13.3. The molecule has 1 fully saturated rings. The summed E-state index contributed by atoms with van der Waals surface area (Å²) >= 11 is 0. The molecule has 2 unspecified atom stereocenters. The fourth-order valence-electron chi connectivity index (χ4n) is 2.71. The second-order valence-electron chi connectivity index (χ2n) is 6.89. The zero-order chi connectivity index (χ0) is 19.0. The largest absolute Gasteiger partial charge is 0.462 e. The van der Waals surface area contributed by atoms with Gasteiger partial charge in [-0.15, -0.1) is 0 Å². The molecule has 0 amide bonds. The number of aliphatic hydroxyl groups is 1. The second kappa shape index (κ2) is 6.72. The van der Waals surface area contributed by atoms with Gasteiger partial charge in [0.25, 0.3) is 5.60 Å². The third kappa shape index (κ3) is 3.97. The molecule has 1 rings (SSSR count). The lowest BCUT2D eigenvalue weighted by Crippen LogP contribution is -2.62. The number of hydrogen-bond donors (Lipinski definition) is 1. The van der Waals surface area contributed by atoms with E-state index in [1.54, 1.807) is 20.8 Å². The first-order chi connectivity index (χ1) is 10.7. The zero-order valence-corrected chi connectivity index (χ0v) is 13.7. The second-order valence-corrected chi connectivity index (χ2v) is 6.89. The summed E-state index contributed by atoms with van der Waals surface area (Å²) in [5.41, 5.74) is -5.68. The maximum absolute atomic E-state index is 12.9. The molecule has 9 heteroatoms. The molecule has 0 aromatic heterocycles. The van der Waals surface area contributed by atoms with Gasteiger partial charge in [0, 0.05) is 5.92 Å². The molecule has 24 heavy (non-hydrogen) atoms. The summed E-state index contributed by atoms with van der Waals surface area (Å²) in [5, 5.41) is 9.48. The van der Waals surface area contributed by atoms with Crippen LogP contribution in [0.2, 0.25) is 0 Å². The summed E-state index contributed by atoms with van der Waals surface area (Å²) in [7, 11) is 0. The van der Waals surface area contributed by atoms with E-state index in [0.717, 1.165) is 0 Å². The Kier molecular flexibility index (Phi) is 5.90. The van der Waals surface area contributed by atoms with Crippen molar-refractivity contribution in [2.24, 2.45) is 11.3 Å². The third-order valence-corrected chi connectivity index (χ3v) is 4.79. The third-order valence-electron chi connectivity index (χ3n) is 4.79. The predicted octanol–water partition coefficient (Wildman–Crippen LogP) is 4.38. The Morgan fingerprint density at radius 3 is 2.00 bits per heavy atom. The standard InChI is InChI=1S/C15H22F6O3/c1-4-12(2,3)11(22)24-10-7-5-6-9(8-10)13(23,14(16,17)18)15(19,20)21/h9-10,23H,4-8H2,1-3H3. The monoisotopic (exact) mass is 364 g/mol. The van der Waals surface area contributed by atoms with E-state index in [1.807, 2.05) is 0 Å². The van der Waals surface area contributed by atoms with Crippen molar-refractivity contribution in [1.82, 2.24) is 0 Å². The molecule has 0 aromatic rings. The van der Waals surface area contributed by atoms with Crippen molar-refractivity contribution in [3.05, 3.63) is 0 Å². The van der Waals surface area contributed by atoms with Crippen LogP contribution >= 0.6 is 0 Å². The molecule has 1 N–H and O–H groups in total. The lowest BCUT2D eigenvalue weighted by Gasteiger charge is -2.42. The van der Waals surface area contributed by atoms with Gasteiger partial charge in [-0.2, -0.15) is 26.3 Å². The average molecular weight is 364 g/mol. The number of esters is 1. The first kappa shape index (κ1) is 21.1. The van der Waals surface area contributed by atoms with Gasteiger partial charge in [0.05, 0.1) is 5.41 Å². The molecular formula is C15H22F6O3. The van der Waals surface area contributed by atoms with Gasteiger partial charge < -0.3 is 9.84 Å². The molecule has 0 bridgehead atoms. The number of alkyl halides is 6. The van der Waals surface area contributed by atoms with Gasteiger partial charge in [-0.25, -0.2) is 0 Å². The highest BCUT2D eigenvalue weighted by Crippen LogP contribution is 2.51. The maximum Gasteiger partial charge on any atom is 0.426 e. The Balaban J connectivity index is 2.97. The summed E-state index contributed by atoms with van der Waals surface area (Å²) in [4.78, 5) is 12.0. The lowest BCUT2D eigenvalue weighted by molar-refractivity contribution is -0.388. The van der Waals surface area contributed by atoms with Crippen LogP contribution in [-0.4, -0.2) is 35.1 Å². The van der Waals surface area contributed by atoms with E-state index < -0.39 is 54.2 Å². The lowest BCUT2D eigenvalue weighted by atomic mass is 9.74. The van der Waals surface area contributed by atoms with E-state index in [1.165, 1.54) is 0 Å². The van der Waals surface area contributed by atoms with Crippen LogP contribution in [0, 0.1) is 11.3 Å². The molecule has 2 atom stereocenters. The Hall–Kier alpha value is -0.990. The van der Waals surface area contributed by atoms with Gasteiger partial charge in [-0.1, -0.05) is 6.92 Å². The fourth-order valence-corrected chi connectivity index (χ4v) is 2.71. The van der Waals surface area contributed by atoms with E-state index in [9.17, 15) is 36.2 Å². The first-order valence-electron chi connectivity index (χ1n) is 7.73. The number of halogens is 6. The van der Waals surface area contributed by atoms with E-state index >= 15 is 0 Å². The van der Waals surface area contributed by atoms with Crippen molar-refractivity contribution in [2.45, 2.75) is 76.9 Å². The highest BCUT2D eigenvalue weighted by molar-refractivity contribution is 5.76. The van der Waals surface area contributed by atoms with E-state index in [4.69, 9.17) is 4.74 Å². The zero-order valence-electron chi connectivity index (χ0n) is 13.7. The molecular weight excluding hydrogens is 342 g/mol. The number of hydrogen-bond acceptors (Lipinski definition) is 3. The number of rotatable bonds is 4. The highest BCUT2D eigenvalue weighted by atomic mass is 19.4. The van der Waals surface area contributed by atoms with Crippen LogP contribution in [-0.2, 0) is 9.53 Å². The van der Waals surface area contributed by atoms with Crippen molar-refractivity contribution in [2.75, 3.05) is 0 Å². The van der Waals surface area contributed by atoms with Crippen molar-refractivity contribution >= 4 is 5.97 Å². The molecule has 1 saturated carbocycles. The van der Waals surface area contributed by atoms with Crippen molar-refractivity contribution in [3.63, 3.8) is 0 Å². The molecule has 1 aliphatic rings. The summed E-state index contributed by atoms with van der Waals surface area (Å²) in [6, 6.07) is 0. The molecule has 0 saturated heterocycles. The smallest absolute Gasteiger partial charge is 0.426 e. The average Bonchev–Trinajstić information content (AvgIpc) is 2.44. The van der Waals surface area contributed by atoms with E-state index in [2.05, 4.69) is 0 Å². The van der Waals surface area contributed by atoms with Crippen LogP contribution in [0.3, 0.4) is 0 Å². The number of carbonyl (C=O) groups excluding carboxylic acids is 1. The quantitative estimate of drug-likeness (QED) is 0.595. The van der Waals surface area contributed by atoms with Gasteiger partial charge in [0.1, 0.15) is 6.10 Å². The topological polar surface area (TPSA) is 46.5 Å². The Morgan fingerprint density at radius 1 is 1.08 bits per heavy atom. The van der Waals surface area contributed by atoms with Crippen molar-refractivity contribution in [1.29, 1.82) is 0 Å². The molecule has 0 aliphatic heterocycles.